The molecule has 0 aliphatic carbocycles. The maximum absolute atomic E-state index is 12.2. The van der Waals surface area contributed by atoms with Crippen molar-refractivity contribution in [2.45, 2.75) is 25.7 Å². The largest absolute Gasteiger partial charge is 0.381 e. The Balaban J connectivity index is 1.39. The van der Waals surface area contributed by atoms with Crippen molar-refractivity contribution in [3.05, 3.63) is 36.2 Å². The minimum Gasteiger partial charge on any atom is -0.381 e. The summed E-state index contributed by atoms with van der Waals surface area (Å²) in [6, 6.07) is 9.90. The quantitative estimate of drug-likeness (QED) is 0.933. The third-order valence-corrected chi connectivity index (χ3v) is 5.12. The number of hydrogen-bond donors (Lipinski definition) is 1. The third-order valence-electron chi connectivity index (χ3n) is 5.12. The van der Waals surface area contributed by atoms with Crippen LogP contribution in [-0.4, -0.2) is 52.3 Å². The number of nitrogens with zero attached hydrogens (tertiary/aromatic N) is 3. The molecule has 0 bridgehead atoms. The molecule has 1 aromatic heterocycles. The van der Waals surface area contributed by atoms with Crippen LogP contribution in [0.3, 0.4) is 0 Å². The highest BCUT2D eigenvalue weighted by molar-refractivity contribution is 5.77. The van der Waals surface area contributed by atoms with Crippen LogP contribution in [0.2, 0.25) is 0 Å². The van der Waals surface area contributed by atoms with Gasteiger partial charge in [-0.15, -0.1) is 0 Å². The molecule has 126 valence electrons. The van der Waals surface area contributed by atoms with E-state index in [2.05, 4.69) is 15.2 Å². The molecule has 2 saturated heterocycles. The molecule has 4 rings (SSSR count). The number of carbonyl (C=O) groups is 1. The van der Waals surface area contributed by atoms with Crippen molar-refractivity contribution >= 4 is 5.91 Å². The summed E-state index contributed by atoms with van der Waals surface area (Å²) >= 11 is 0. The molecule has 3 heterocycles. The van der Waals surface area contributed by atoms with Crippen LogP contribution in [0.25, 0.3) is 11.4 Å². The Labute approximate surface area is 141 Å². The Hall–Kier alpha value is -2.21. The first-order valence-corrected chi connectivity index (χ1v) is 8.56. The summed E-state index contributed by atoms with van der Waals surface area (Å²) in [4.78, 5) is 18.7. The summed E-state index contributed by atoms with van der Waals surface area (Å²) in [6.45, 7) is 3.11. The Morgan fingerprint density at radius 2 is 2.12 bits per heavy atom. The van der Waals surface area contributed by atoms with Crippen LogP contribution in [0.15, 0.2) is 30.3 Å². The molecule has 0 saturated carbocycles. The van der Waals surface area contributed by atoms with Crippen LogP contribution in [0.5, 0.6) is 0 Å². The number of amides is 1. The average Bonchev–Trinajstić information content (AvgIpc) is 3.27. The molecule has 2 aromatic rings. The van der Waals surface area contributed by atoms with Gasteiger partial charge in [0.25, 0.3) is 0 Å². The number of carbonyl (C=O) groups excluding carboxylic acids is 1. The lowest BCUT2D eigenvalue weighted by Gasteiger charge is -2.39. The number of H-pyrrole nitrogens is 1. The van der Waals surface area contributed by atoms with E-state index >= 15 is 0 Å². The number of piperidine rings is 1. The predicted octanol–water partition coefficient (Wildman–Crippen LogP) is 2.04. The van der Waals surface area contributed by atoms with Crippen molar-refractivity contribution in [3.63, 3.8) is 0 Å². The lowest BCUT2D eigenvalue weighted by atomic mass is 9.79. The highest BCUT2D eigenvalue weighted by atomic mass is 16.5. The topological polar surface area (TPSA) is 71.1 Å². The maximum Gasteiger partial charge on any atom is 0.222 e. The molecule has 1 amide bonds. The first-order valence-electron chi connectivity index (χ1n) is 8.56. The number of nitrogens with one attached hydrogen (secondary N) is 1. The summed E-state index contributed by atoms with van der Waals surface area (Å²) in [7, 11) is 0. The second-order valence-electron chi connectivity index (χ2n) is 6.84. The summed E-state index contributed by atoms with van der Waals surface area (Å²) < 4.78 is 5.57. The lowest BCUT2D eigenvalue weighted by Crippen LogP contribution is -2.47. The van der Waals surface area contributed by atoms with Gasteiger partial charge in [-0.3, -0.25) is 9.89 Å². The van der Waals surface area contributed by atoms with Crippen molar-refractivity contribution in [3.8, 4) is 11.4 Å². The zero-order valence-electron chi connectivity index (χ0n) is 13.7. The second-order valence-corrected chi connectivity index (χ2v) is 6.84. The van der Waals surface area contributed by atoms with Gasteiger partial charge in [0, 0.05) is 43.5 Å². The van der Waals surface area contributed by atoms with Gasteiger partial charge in [0.2, 0.25) is 5.91 Å². The maximum atomic E-state index is 12.2. The molecule has 0 unspecified atom stereocenters. The van der Waals surface area contributed by atoms with Gasteiger partial charge in [-0.1, -0.05) is 30.3 Å². The zero-order chi connectivity index (χ0) is 16.4. The average molecular weight is 326 g/mol. The van der Waals surface area contributed by atoms with E-state index in [1.54, 1.807) is 0 Å². The number of rotatable bonds is 4. The monoisotopic (exact) mass is 326 g/mol. The fraction of sp³-hybridized carbons (Fsp3) is 0.500. The number of aromatic nitrogens is 3. The fourth-order valence-electron chi connectivity index (χ4n) is 3.64. The van der Waals surface area contributed by atoms with Gasteiger partial charge in [-0.2, -0.15) is 5.10 Å². The smallest absolute Gasteiger partial charge is 0.222 e. The normalized spacial score (nSPS) is 24.0. The number of hydrogen-bond acceptors (Lipinski definition) is 4. The Bertz CT molecular complexity index is 707. The van der Waals surface area contributed by atoms with Crippen molar-refractivity contribution in [2.24, 2.45) is 5.41 Å². The van der Waals surface area contributed by atoms with Crippen LogP contribution in [0.4, 0.5) is 0 Å². The van der Waals surface area contributed by atoms with E-state index in [9.17, 15) is 4.79 Å². The lowest BCUT2D eigenvalue weighted by molar-refractivity contribution is -0.137. The van der Waals surface area contributed by atoms with Crippen molar-refractivity contribution in [1.82, 2.24) is 20.1 Å². The molecule has 1 atom stereocenters. The van der Waals surface area contributed by atoms with Gasteiger partial charge in [0.05, 0.1) is 6.61 Å². The Morgan fingerprint density at radius 1 is 1.25 bits per heavy atom. The molecule has 24 heavy (non-hydrogen) atoms. The SMILES string of the molecule is O=C1CC[C@@]2(CCOC2)CN1CCc1nc(-c2ccccc2)n[nH]1. The summed E-state index contributed by atoms with van der Waals surface area (Å²) in [5, 5.41) is 7.28. The van der Waals surface area contributed by atoms with E-state index in [-0.39, 0.29) is 11.3 Å². The van der Waals surface area contributed by atoms with E-state index in [4.69, 9.17) is 4.74 Å². The molecular weight excluding hydrogens is 304 g/mol. The van der Waals surface area contributed by atoms with Crippen LogP contribution in [0, 0.1) is 5.41 Å². The van der Waals surface area contributed by atoms with E-state index < -0.39 is 0 Å². The molecule has 2 aliphatic rings. The Kier molecular flexibility index (Phi) is 4.06. The Morgan fingerprint density at radius 3 is 2.92 bits per heavy atom. The molecule has 1 N–H and O–H groups in total. The van der Waals surface area contributed by atoms with Crippen LogP contribution >= 0.6 is 0 Å². The van der Waals surface area contributed by atoms with Crippen LogP contribution in [-0.2, 0) is 16.0 Å². The highest BCUT2D eigenvalue weighted by Crippen LogP contribution is 2.38. The van der Waals surface area contributed by atoms with Crippen molar-refractivity contribution in [1.29, 1.82) is 0 Å². The number of aromatic amines is 1. The van der Waals surface area contributed by atoms with Gasteiger partial charge < -0.3 is 9.64 Å². The van der Waals surface area contributed by atoms with E-state index in [1.165, 1.54) is 0 Å². The molecule has 2 fully saturated rings. The minimum atomic E-state index is 0.185. The van der Waals surface area contributed by atoms with Gasteiger partial charge >= 0.3 is 0 Å². The van der Waals surface area contributed by atoms with Gasteiger partial charge in [0.1, 0.15) is 5.82 Å². The molecule has 6 heteroatoms. The number of ether oxygens (including phenoxy) is 1. The summed E-state index contributed by atoms with van der Waals surface area (Å²) in [6.07, 6.45) is 3.36. The van der Waals surface area contributed by atoms with E-state index in [0.29, 0.717) is 25.2 Å². The van der Waals surface area contributed by atoms with Crippen molar-refractivity contribution < 1.29 is 9.53 Å². The third kappa shape index (κ3) is 3.06. The summed E-state index contributed by atoms with van der Waals surface area (Å²) in [5.41, 5.74) is 1.18. The van der Waals surface area contributed by atoms with E-state index in [1.807, 2.05) is 35.2 Å². The van der Waals surface area contributed by atoms with Gasteiger partial charge in [-0.05, 0) is 12.8 Å². The molecule has 2 aliphatic heterocycles. The zero-order valence-corrected chi connectivity index (χ0v) is 13.7. The minimum absolute atomic E-state index is 0.185. The highest BCUT2D eigenvalue weighted by Gasteiger charge is 2.41. The first-order chi connectivity index (χ1) is 11.7. The number of likely N-dealkylation sites (tertiary alicyclic amines) is 1. The fourth-order valence-corrected chi connectivity index (χ4v) is 3.64. The standard InChI is InChI=1S/C18H22N4O2/c23-16-6-8-18(9-11-24-13-18)12-22(16)10-7-15-19-17(21-20-15)14-4-2-1-3-5-14/h1-5H,6-13H2,(H,19,20,21)/t18-/m1/s1. The van der Waals surface area contributed by atoms with Crippen molar-refractivity contribution in [2.75, 3.05) is 26.3 Å². The first kappa shape index (κ1) is 15.3. The summed E-state index contributed by atoms with van der Waals surface area (Å²) in [5.74, 6) is 1.77. The molecule has 1 aromatic carbocycles. The molecular formula is C18H22N4O2. The molecule has 6 nitrogen and oxygen atoms in total. The van der Waals surface area contributed by atoms with E-state index in [0.717, 1.165) is 44.0 Å². The number of benzene rings is 1. The predicted molar refractivity (Wildman–Crippen MR) is 89.2 cm³/mol. The second kappa shape index (κ2) is 6.36. The van der Waals surface area contributed by atoms with Crippen LogP contribution < -0.4 is 0 Å². The van der Waals surface area contributed by atoms with Gasteiger partial charge in [-0.25, -0.2) is 4.98 Å². The van der Waals surface area contributed by atoms with Crippen LogP contribution in [0.1, 0.15) is 25.1 Å². The van der Waals surface area contributed by atoms with Gasteiger partial charge in [0.15, 0.2) is 5.82 Å². The molecule has 0 radical (unpaired) electrons. The molecule has 1 spiro atoms.